The SMILES string of the molecule is O=[P+](O)OC12CC3CC(CC(C3)C1)C2. The molecule has 4 bridgehead atoms. The maximum Gasteiger partial charge on any atom is 0.695 e. The average molecular weight is 215 g/mol. The van der Waals surface area contributed by atoms with Crippen molar-refractivity contribution in [2.45, 2.75) is 44.1 Å². The van der Waals surface area contributed by atoms with E-state index in [2.05, 4.69) is 0 Å². The van der Waals surface area contributed by atoms with Crippen LogP contribution in [0.1, 0.15) is 38.5 Å². The lowest BCUT2D eigenvalue weighted by molar-refractivity contribution is -0.108. The molecule has 4 aliphatic carbocycles. The molecule has 0 aromatic rings. The van der Waals surface area contributed by atoms with E-state index in [1.165, 1.54) is 19.3 Å². The summed E-state index contributed by atoms with van der Waals surface area (Å²) < 4.78 is 16.1. The van der Waals surface area contributed by atoms with Crippen LogP contribution in [0.15, 0.2) is 0 Å². The first-order valence-electron chi connectivity index (χ1n) is 5.50. The van der Waals surface area contributed by atoms with Crippen LogP contribution in [0.5, 0.6) is 0 Å². The minimum absolute atomic E-state index is 0.211. The molecule has 0 aromatic carbocycles. The number of rotatable bonds is 2. The van der Waals surface area contributed by atoms with Gasteiger partial charge >= 0.3 is 8.25 Å². The van der Waals surface area contributed by atoms with E-state index in [9.17, 15) is 4.57 Å². The molecule has 0 heterocycles. The Balaban J connectivity index is 1.83. The summed E-state index contributed by atoms with van der Waals surface area (Å²) in [4.78, 5) is 8.90. The molecule has 3 nitrogen and oxygen atoms in total. The quantitative estimate of drug-likeness (QED) is 0.720. The fourth-order valence-corrected chi connectivity index (χ4v) is 4.86. The molecule has 0 aromatic heterocycles. The predicted molar refractivity (Wildman–Crippen MR) is 51.8 cm³/mol. The van der Waals surface area contributed by atoms with Gasteiger partial charge in [0.25, 0.3) is 0 Å². The van der Waals surface area contributed by atoms with Gasteiger partial charge in [0.05, 0.1) is 0 Å². The van der Waals surface area contributed by atoms with E-state index in [0.29, 0.717) is 0 Å². The Hall–Kier alpha value is 0.0200. The largest absolute Gasteiger partial charge is 0.695 e. The molecule has 78 valence electrons. The van der Waals surface area contributed by atoms with E-state index in [0.717, 1.165) is 37.0 Å². The van der Waals surface area contributed by atoms with Crippen LogP contribution in [0.25, 0.3) is 0 Å². The minimum atomic E-state index is -2.41. The van der Waals surface area contributed by atoms with Crippen molar-refractivity contribution in [2.24, 2.45) is 17.8 Å². The van der Waals surface area contributed by atoms with Crippen LogP contribution < -0.4 is 0 Å². The summed E-state index contributed by atoms with van der Waals surface area (Å²) in [5.41, 5.74) is -0.211. The first kappa shape index (κ1) is 9.26. The van der Waals surface area contributed by atoms with Crippen molar-refractivity contribution >= 4 is 8.25 Å². The third-order valence-electron chi connectivity index (χ3n) is 4.25. The smallest absolute Gasteiger partial charge is 0.133 e. The Morgan fingerprint density at radius 1 is 1.07 bits per heavy atom. The fraction of sp³-hybridized carbons (Fsp3) is 1.00. The summed E-state index contributed by atoms with van der Waals surface area (Å²) >= 11 is 0. The summed E-state index contributed by atoms with van der Waals surface area (Å²) in [7, 11) is -2.41. The first-order valence-corrected chi connectivity index (χ1v) is 6.63. The van der Waals surface area contributed by atoms with Crippen LogP contribution in [0.3, 0.4) is 0 Å². The molecule has 1 atom stereocenters. The molecule has 0 amide bonds. The zero-order chi connectivity index (χ0) is 9.76. The lowest BCUT2D eigenvalue weighted by atomic mass is 9.54. The highest BCUT2D eigenvalue weighted by Gasteiger charge is 2.55. The molecule has 0 radical (unpaired) electrons. The van der Waals surface area contributed by atoms with Crippen molar-refractivity contribution in [1.82, 2.24) is 0 Å². The van der Waals surface area contributed by atoms with Gasteiger partial charge in [-0.25, -0.2) is 0 Å². The van der Waals surface area contributed by atoms with Gasteiger partial charge in [-0.1, -0.05) is 0 Å². The van der Waals surface area contributed by atoms with Crippen LogP contribution in [-0.2, 0) is 9.09 Å². The van der Waals surface area contributed by atoms with E-state index in [-0.39, 0.29) is 5.60 Å². The van der Waals surface area contributed by atoms with Gasteiger partial charge in [0.1, 0.15) is 5.60 Å². The summed E-state index contributed by atoms with van der Waals surface area (Å²) in [5.74, 6) is 2.32. The van der Waals surface area contributed by atoms with Crippen molar-refractivity contribution < 1.29 is 14.0 Å². The first-order chi connectivity index (χ1) is 6.65. The zero-order valence-electron chi connectivity index (χ0n) is 8.19. The molecule has 14 heavy (non-hydrogen) atoms. The van der Waals surface area contributed by atoms with E-state index in [4.69, 9.17) is 9.42 Å². The highest BCUT2D eigenvalue weighted by atomic mass is 31.1. The second kappa shape index (κ2) is 3.01. The third kappa shape index (κ3) is 1.42. The molecule has 1 unspecified atom stereocenters. The van der Waals surface area contributed by atoms with Gasteiger partial charge in [-0.2, -0.15) is 0 Å². The van der Waals surface area contributed by atoms with Crippen LogP contribution in [0.4, 0.5) is 0 Å². The molecule has 4 heteroatoms. The van der Waals surface area contributed by atoms with Gasteiger partial charge in [0.2, 0.25) is 0 Å². The Morgan fingerprint density at radius 2 is 1.50 bits per heavy atom. The second-order valence-electron chi connectivity index (χ2n) is 5.43. The van der Waals surface area contributed by atoms with Gasteiger partial charge < -0.3 is 0 Å². The summed E-state index contributed by atoms with van der Waals surface area (Å²) in [6.45, 7) is 0. The summed E-state index contributed by atoms with van der Waals surface area (Å²) in [6, 6.07) is 0. The van der Waals surface area contributed by atoms with Gasteiger partial charge in [0.15, 0.2) is 0 Å². The molecular weight excluding hydrogens is 199 g/mol. The molecule has 4 rings (SSSR count). The normalized spacial score (nSPS) is 50.9. The number of hydrogen-bond acceptors (Lipinski definition) is 2. The standard InChI is InChI=1S/C10H15O3P/c11-14(12)13-10-4-7-1-8(5-10)3-9(2-7)6-10/h7-9H,1-6H2/p+1. The molecule has 0 saturated heterocycles. The van der Waals surface area contributed by atoms with E-state index in [1.54, 1.807) is 0 Å². The molecule has 4 saturated carbocycles. The Morgan fingerprint density at radius 3 is 1.86 bits per heavy atom. The highest BCUT2D eigenvalue weighted by molar-refractivity contribution is 7.32. The monoisotopic (exact) mass is 215 g/mol. The molecule has 0 spiro atoms. The zero-order valence-corrected chi connectivity index (χ0v) is 9.08. The second-order valence-corrected chi connectivity index (χ2v) is 6.09. The van der Waals surface area contributed by atoms with Crippen LogP contribution in [0, 0.1) is 17.8 Å². The fourth-order valence-electron chi connectivity index (χ4n) is 4.31. The highest BCUT2D eigenvalue weighted by Crippen LogP contribution is 2.58. The van der Waals surface area contributed by atoms with Gasteiger partial charge in [-0.3, -0.25) is 0 Å². The Labute approximate surface area is 84.8 Å². The Bertz CT molecular complexity index is 241. The number of hydrogen-bond donors (Lipinski definition) is 1. The van der Waals surface area contributed by atoms with Crippen LogP contribution in [0.2, 0.25) is 0 Å². The lowest BCUT2D eigenvalue weighted by Gasteiger charge is -2.53. The maximum absolute atomic E-state index is 10.8. The minimum Gasteiger partial charge on any atom is -0.133 e. The van der Waals surface area contributed by atoms with E-state index >= 15 is 0 Å². The van der Waals surface area contributed by atoms with Gasteiger partial charge in [-0.15, -0.1) is 9.42 Å². The Kier molecular flexibility index (Phi) is 1.99. The van der Waals surface area contributed by atoms with Crippen molar-refractivity contribution in [1.29, 1.82) is 0 Å². The van der Waals surface area contributed by atoms with E-state index < -0.39 is 8.25 Å². The van der Waals surface area contributed by atoms with Crippen molar-refractivity contribution in [3.05, 3.63) is 0 Å². The van der Waals surface area contributed by atoms with Crippen molar-refractivity contribution in [3.63, 3.8) is 0 Å². The van der Waals surface area contributed by atoms with Gasteiger partial charge in [0, 0.05) is 4.57 Å². The molecule has 0 aliphatic heterocycles. The van der Waals surface area contributed by atoms with Gasteiger partial charge in [-0.05, 0) is 56.3 Å². The van der Waals surface area contributed by atoms with E-state index in [1.807, 2.05) is 0 Å². The molecule has 4 aliphatic rings. The summed E-state index contributed by atoms with van der Waals surface area (Å²) in [5, 5.41) is 0. The topological polar surface area (TPSA) is 46.5 Å². The summed E-state index contributed by atoms with van der Waals surface area (Å²) in [6.07, 6.45) is 7.10. The van der Waals surface area contributed by atoms with Crippen LogP contribution >= 0.6 is 8.25 Å². The van der Waals surface area contributed by atoms with Crippen LogP contribution in [-0.4, -0.2) is 10.5 Å². The predicted octanol–water partition coefficient (Wildman–Crippen LogP) is 2.62. The average Bonchev–Trinajstić information content (AvgIpc) is 1.96. The molecular formula is C10H16O3P+. The lowest BCUT2D eigenvalue weighted by Crippen LogP contribution is -2.51. The maximum atomic E-state index is 10.8. The van der Waals surface area contributed by atoms with Crippen molar-refractivity contribution in [3.8, 4) is 0 Å². The van der Waals surface area contributed by atoms with Crippen molar-refractivity contribution in [2.75, 3.05) is 0 Å². The molecule has 1 N–H and O–H groups in total. The third-order valence-corrected chi connectivity index (χ3v) is 4.80. The molecule has 4 fully saturated rings.